The van der Waals surface area contributed by atoms with Gasteiger partial charge in [-0.3, -0.25) is 14.0 Å². The van der Waals surface area contributed by atoms with E-state index >= 15 is 0 Å². The SMILES string of the molecule is Cc1cccc(-c2nc3cc(C(=O)NC(CC(=O)O)C4CCCCC4)ccn3c2NC2CCCCC2)c1. The van der Waals surface area contributed by atoms with Gasteiger partial charge in [0.05, 0.1) is 6.42 Å². The van der Waals surface area contributed by atoms with Gasteiger partial charge in [0.2, 0.25) is 0 Å². The number of carbonyl (C=O) groups is 2. The molecule has 2 aliphatic rings. The number of fused-ring (bicyclic) bond motifs is 1. The van der Waals surface area contributed by atoms with Crippen LogP contribution in [0.4, 0.5) is 5.82 Å². The number of pyridine rings is 1. The van der Waals surface area contributed by atoms with Gasteiger partial charge in [0, 0.05) is 29.4 Å². The Bertz CT molecular complexity index is 1250. The number of hydrogen-bond acceptors (Lipinski definition) is 4. The van der Waals surface area contributed by atoms with Gasteiger partial charge in [-0.2, -0.15) is 0 Å². The normalized spacial score (nSPS) is 18.0. The molecular formula is C30H38N4O3. The maximum absolute atomic E-state index is 13.3. The molecule has 7 heteroatoms. The van der Waals surface area contributed by atoms with Gasteiger partial charge in [0.15, 0.2) is 0 Å². The Morgan fingerprint density at radius 3 is 2.46 bits per heavy atom. The minimum absolute atomic E-state index is 0.0466. The van der Waals surface area contributed by atoms with E-state index in [-0.39, 0.29) is 24.3 Å². The van der Waals surface area contributed by atoms with Crippen molar-refractivity contribution in [3.8, 4) is 11.3 Å². The molecule has 1 unspecified atom stereocenters. The molecule has 2 saturated carbocycles. The molecule has 5 rings (SSSR count). The van der Waals surface area contributed by atoms with Crippen molar-refractivity contribution in [2.24, 2.45) is 5.92 Å². The van der Waals surface area contributed by atoms with Crippen molar-refractivity contribution in [1.29, 1.82) is 0 Å². The van der Waals surface area contributed by atoms with Crippen molar-refractivity contribution in [3.63, 3.8) is 0 Å². The Morgan fingerprint density at radius 1 is 1.03 bits per heavy atom. The summed E-state index contributed by atoms with van der Waals surface area (Å²) in [5.41, 5.74) is 4.31. The number of rotatable bonds is 8. The number of carbonyl (C=O) groups excluding carboxylic acids is 1. The lowest BCUT2D eigenvalue weighted by Gasteiger charge is -2.30. The summed E-state index contributed by atoms with van der Waals surface area (Å²) >= 11 is 0. The van der Waals surface area contributed by atoms with Crippen molar-refractivity contribution in [2.45, 2.75) is 89.6 Å². The first-order valence-corrected chi connectivity index (χ1v) is 13.9. The smallest absolute Gasteiger partial charge is 0.305 e. The van der Waals surface area contributed by atoms with Gasteiger partial charge in [-0.25, -0.2) is 4.98 Å². The van der Waals surface area contributed by atoms with Crippen LogP contribution in [0.25, 0.3) is 16.9 Å². The molecule has 3 N–H and O–H groups in total. The molecule has 0 bridgehead atoms. The summed E-state index contributed by atoms with van der Waals surface area (Å²) in [5.74, 6) is 0.0654. The minimum Gasteiger partial charge on any atom is -0.481 e. The summed E-state index contributed by atoms with van der Waals surface area (Å²) in [7, 11) is 0. The number of aromatic nitrogens is 2. The molecule has 0 saturated heterocycles. The number of aliphatic carboxylic acids is 1. The first kappa shape index (κ1) is 25.3. The van der Waals surface area contributed by atoms with E-state index in [1.165, 1.54) is 31.2 Å². The molecule has 2 heterocycles. The number of benzene rings is 1. The Kier molecular flexibility index (Phi) is 7.77. The lowest BCUT2D eigenvalue weighted by Crippen LogP contribution is -2.42. The van der Waals surface area contributed by atoms with Gasteiger partial charge in [-0.15, -0.1) is 0 Å². The summed E-state index contributed by atoms with van der Waals surface area (Å²) in [4.78, 5) is 29.8. The van der Waals surface area contributed by atoms with E-state index in [9.17, 15) is 14.7 Å². The number of imidazole rings is 1. The van der Waals surface area contributed by atoms with Gasteiger partial charge in [-0.05, 0) is 56.7 Å². The number of carboxylic acids is 1. The zero-order chi connectivity index (χ0) is 25.8. The number of anilines is 1. The zero-order valence-electron chi connectivity index (χ0n) is 21.7. The average Bonchev–Trinajstić information content (AvgIpc) is 3.26. The number of amides is 1. The first-order valence-electron chi connectivity index (χ1n) is 13.9. The molecule has 7 nitrogen and oxygen atoms in total. The predicted octanol–water partition coefficient (Wildman–Crippen LogP) is 6.21. The molecular weight excluding hydrogens is 464 g/mol. The van der Waals surface area contributed by atoms with Crippen LogP contribution in [0.3, 0.4) is 0 Å². The van der Waals surface area contributed by atoms with E-state index in [0.29, 0.717) is 17.3 Å². The Labute approximate surface area is 218 Å². The van der Waals surface area contributed by atoms with Crippen LogP contribution in [0.2, 0.25) is 0 Å². The number of carboxylic acid groups (broad SMARTS) is 1. The minimum atomic E-state index is -0.874. The molecule has 2 fully saturated rings. The Morgan fingerprint density at radius 2 is 1.76 bits per heavy atom. The van der Waals surface area contributed by atoms with Crippen LogP contribution in [0.1, 0.15) is 86.6 Å². The van der Waals surface area contributed by atoms with E-state index in [4.69, 9.17) is 4.98 Å². The molecule has 0 aliphatic heterocycles. The Hall–Kier alpha value is -3.35. The highest BCUT2D eigenvalue weighted by atomic mass is 16.4. The van der Waals surface area contributed by atoms with Crippen LogP contribution >= 0.6 is 0 Å². The monoisotopic (exact) mass is 502 g/mol. The van der Waals surface area contributed by atoms with Crippen LogP contribution in [0.5, 0.6) is 0 Å². The maximum atomic E-state index is 13.3. The van der Waals surface area contributed by atoms with E-state index in [1.54, 1.807) is 0 Å². The number of nitrogens with one attached hydrogen (secondary N) is 2. The van der Waals surface area contributed by atoms with E-state index in [1.807, 2.05) is 28.8 Å². The summed E-state index contributed by atoms with van der Waals surface area (Å²) in [5, 5.41) is 16.3. The molecule has 37 heavy (non-hydrogen) atoms. The number of nitrogens with zero attached hydrogens (tertiary/aromatic N) is 2. The highest BCUT2D eigenvalue weighted by Crippen LogP contribution is 2.33. The van der Waals surface area contributed by atoms with Crippen LogP contribution in [-0.2, 0) is 4.79 Å². The molecule has 2 aromatic heterocycles. The second-order valence-corrected chi connectivity index (χ2v) is 10.9. The molecule has 2 aliphatic carbocycles. The molecule has 1 aromatic carbocycles. The first-order chi connectivity index (χ1) is 18.0. The summed E-state index contributed by atoms with van der Waals surface area (Å²) in [6.45, 7) is 2.08. The van der Waals surface area contributed by atoms with Crippen molar-refractivity contribution < 1.29 is 14.7 Å². The zero-order valence-corrected chi connectivity index (χ0v) is 21.7. The van der Waals surface area contributed by atoms with Crippen molar-refractivity contribution >= 4 is 23.3 Å². The van der Waals surface area contributed by atoms with Gasteiger partial charge >= 0.3 is 5.97 Å². The molecule has 196 valence electrons. The van der Waals surface area contributed by atoms with Crippen molar-refractivity contribution in [1.82, 2.24) is 14.7 Å². The third kappa shape index (κ3) is 5.97. The van der Waals surface area contributed by atoms with E-state index in [2.05, 4.69) is 35.8 Å². The fourth-order valence-electron chi connectivity index (χ4n) is 6.07. The summed E-state index contributed by atoms with van der Waals surface area (Å²) < 4.78 is 2.04. The van der Waals surface area contributed by atoms with Crippen LogP contribution in [0, 0.1) is 12.8 Å². The molecule has 0 spiro atoms. The average molecular weight is 503 g/mol. The fraction of sp³-hybridized carbons (Fsp3) is 0.500. The van der Waals surface area contributed by atoms with Gasteiger partial charge in [0.1, 0.15) is 17.2 Å². The standard InChI is InChI=1S/C30H38N4O3/c1-20-9-8-12-22(17-20)28-29(31-24-13-6-3-7-14-24)34-16-15-23(18-26(34)33-28)30(37)32-25(19-27(35)36)21-10-4-2-5-11-21/h8-9,12,15-18,21,24-25,31H,2-7,10-11,13-14,19H2,1H3,(H,32,37)(H,35,36). The third-order valence-corrected chi connectivity index (χ3v) is 8.06. The number of aryl methyl sites for hydroxylation is 1. The van der Waals surface area contributed by atoms with Gasteiger partial charge < -0.3 is 15.7 Å². The highest BCUT2D eigenvalue weighted by molar-refractivity contribution is 5.96. The highest BCUT2D eigenvalue weighted by Gasteiger charge is 2.28. The topological polar surface area (TPSA) is 95.7 Å². The second-order valence-electron chi connectivity index (χ2n) is 10.9. The fourth-order valence-corrected chi connectivity index (χ4v) is 6.07. The Balaban J connectivity index is 1.45. The van der Waals surface area contributed by atoms with Gasteiger partial charge in [0.25, 0.3) is 5.91 Å². The summed E-state index contributed by atoms with van der Waals surface area (Å²) in [6.07, 6.45) is 13.2. The van der Waals surface area contributed by atoms with Crippen LogP contribution in [-0.4, -0.2) is 38.5 Å². The maximum Gasteiger partial charge on any atom is 0.305 e. The quantitative estimate of drug-likeness (QED) is 0.340. The molecule has 1 amide bonds. The largest absolute Gasteiger partial charge is 0.481 e. The van der Waals surface area contributed by atoms with Crippen molar-refractivity contribution in [3.05, 3.63) is 53.7 Å². The van der Waals surface area contributed by atoms with Crippen LogP contribution in [0.15, 0.2) is 42.6 Å². The van der Waals surface area contributed by atoms with Gasteiger partial charge in [-0.1, -0.05) is 62.3 Å². The molecule has 1 atom stereocenters. The lowest BCUT2D eigenvalue weighted by atomic mass is 9.82. The predicted molar refractivity (Wildman–Crippen MR) is 146 cm³/mol. The van der Waals surface area contributed by atoms with Crippen molar-refractivity contribution in [2.75, 3.05) is 5.32 Å². The van der Waals surface area contributed by atoms with E-state index in [0.717, 1.165) is 55.6 Å². The lowest BCUT2D eigenvalue weighted by molar-refractivity contribution is -0.137. The summed E-state index contributed by atoms with van der Waals surface area (Å²) in [6, 6.07) is 12.0. The third-order valence-electron chi connectivity index (χ3n) is 8.06. The number of hydrogen-bond donors (Lipinski definition) is 3. The molecule has 3 aromatic rings. The van der Waals surface area contributed by atoms with Crippen LogP contribution < -0.4 is 10.6 Å². The second kappa shape index (κ2) is 11.4. The molecule has 0 radical (unpaired) electrons. The van der Waals surface area contributed by atoms with E-state index < -0.39 is 5.97 Å².